The third kappa shape index (κ3) is 1.40. The molecule has 1 saturated carbocycles. The molecule has 3 heteroatoms. The molecule has 0 amide bonds. The normalized spacial score (nSPS) is 19.6. The SMILES string of the molecule is OC1(c2cccc(Br)c2F)CCC1. The number of hydrogen-bond acceptors (Lipinski definition) is 1. The highest BCUT2D eigenvalue weighted by Gasteiger charge is 2.38. The van der Waals surface area contributed by atoms with Crippen molar-refractivity contribution in [2.24, 2.45) is 0 Å². The number of halogens is 2. The molecule has 1 N–H and O–H groups in total. The van der Waals surface area contributed by atoms with Crippen molar-refractivity contribution < 1.29 is 9.50 Å². The average Bonchev–Trinajstić information content (AvgIpc) is 2.06. The summed E-state index contributed by atoms with van der Waals surface area (Å²) < 4.78 is 13.9. The van der Waals surface area contributed by atoms with Crippen molar-refractivity contribution in [2.75, 3.05) is 0 Å². The van der Waals surface area contributed by atoms with Crippen LogP contribution in [0.4, 0.5) is 4.39 Å². The third-order valence-electron chi connectivity index (χ3n) is 2.63. The van der Waals surface area contributed by atoms with Gasteiger partial charge in [-0.05, 0) is 41.3 Å². The van der Waals surface area contributed by atoms with Gasteiger partial charge in [0.25, 0.3) is 0 Å². The summed E-state index contributed by atoms with van der Waals surface area (Å²) in [4.78, 5) is 0. The molecule has 1 aliphatic carbocycles. The van der Waals surface area contributed by atoms with Crippen molar-refractivity contribution in [3.63, 3.8) is 0 Å². The largest absolute Gasteiger partial charge is 0.385 e. The van der Waals surface area contributed by atoms with Crippen LogP contribution >= 0.6 is 15.9 Å². The van der Waals surface area contributed by atoms with Crippen molar-refractivity contribution in [3.05, 3.63) is 34.1 Å². The molecule has 0 radical (unpaired) electrons. The zero-order valence-electron chi connectivity index (χ0n) is 7.06. The molecule has 1 aromatic carbocycles. The summed E-state index contributed by atoms with van der Waals surface area (Å²) >= 11 is 3.11. The lowest BCUT2D eigenvalue weighted by Crippen LogP contribution is -2.34. The predicted octanol–water partition coefficient (Wildman–Crippen LogP) is 2.96. The Bertz CT molecular complexity index is 334. The molecule has 0 saturated heterocycles. The first-order chi connectivity index (χ1) is 6.13. The van der Waals surface area contributed by atoms with Crippen LogP contribution in [0, 0.1) is 5.82 Å². The van der Waals surface area contributed by atoms with E-state index in [1.807, 2.05) is 0 Å². The van der Waals surface area contributed by atoms with Crippen LogP contribution < -0.4 is 0 Å². The van der Waals surface area contributed by atoms with E-state index < -0.39 is 5.60 Å². The van der Waals surface area contributed by atoms with Crippen LogP contribution in [0.3, 0.4) is 0 Å². The van der Waals surface area contributed by atoms with Crippen LogP contribution in [0.5, 0.6) is 0 Å². The highest BCUT2D eigenvalue weighted by molar-refractivity contribution is 9.10. The molecule has 1 nitrogen and oxygen atoms in total. The molecule has 13 heavy (non-hydrogen) atoms. The molecular formula is C10H10BrFO. The molecule has 1 fully saturated rings. The van der Waals surface area contributed by atoms with E-state index in [2.05, 4.69) is 15.9 Å². The molecule has 1 aliphatic rings. The fraction of sp³-hybridized carbons (Fsp3) is 0.400. The van der Waals surface area contributed by atoms with E-state index in [0.717, 1.165) is 6.42 Å². The van der Waals surface area contributed by atoms with Gasteiger partial charge in [0.2, 0.25) is 0 Å². The summed E-state index contributed by atoms with van der Waals surface area (Å²) in [5.74, 6) is -0.329. The number of aliphatic hydroxyl groups is 1. The predicted molar refractivity (Wildman–Crippen MR) is 51.8 cm³/mol. The van der Waals surface area contributed by atoms with Gasteiger partial charge < -0.3 is 5.11 Å². The van der Waals surface area contributed by atoms with E-state index in [1.54, 1.807) is 18.2 Å². The maximum atomic E-state index is 13.5. The standard InChI is InChI=1S/C10H10BrFO/c11-8-4-1-3-7(9(8)12)10(13)5-2-6-10/h1,3-4,13H,2,5-6H2. The highest BCUT2D eigenvalue weighted by Crippen LogP contribution is 2.42. The maximum absolute atomic E-state index is 13.5. The summed E-state index contributed by atoms with van der Waals surface area (Å²) in [6, 6.07) is 5.04. The van der Waals surface area contributed by atoms with Gasteiger partial charge in [0.1, 0.15) is 5.82 Å². The molecule has 2 rings (SSSR count). The van der Waals surface area contributed by atoms with Crippen molar-refractivity contribution in [1.82, 2.24) is 0 Å². The summed E-state index contributed by atoms with van der Waals surface area (Å²) in [6.45, 7) is 0. The van der Waals surface area contributed by atoms with Crippen LogP contribution in [0.15, 0.2) is 22.7 Å². The Kier molecular flexibility index (Phi) is 2.16. The number of hydrogen-bond donors (Lipinski definition) is 1. The maximum Gasteiger partial charge on any atom is 0.143 e. The molecule has 0 unspecified atom stereocenters. The Balaban J connectivity index is 2.45. The second-order valence-electron chi connectivity index (χ2n) is 3.49. The van der Waals surface area contributed by atoms with Gasteiger partial charge in [-0.15, -0.1) is 0 Å². The van der Waals surface area contributed by atoms with E-state index >= 15 is 0 Å². The molecule has 0 bridgehead atoms. The summed E-state index contributed by atoms with van der Waals surface area (Å²) in [5.41, 5.74) is -0.485. The van der Waals surface area contributed by atoms with Crippen LogP contribution in [-0.4, -0.2) is 5.11 Å². The van der Waals surface area contributed by atoms with Gasteiger partial charge in [-0.2, -0.15) is 0 Å². The van der Waals surface area contributed by atoms with Gasteiger partial charge in [0.05, 0.1) is 10.1 Å². The molecular weight excluding hydrogens is 235 g/mol. The number of rotatable bonds is 1. The molecule has 0 heterocycles. The van der Waals surface area contributed by atoms with Gasteiger partial charge >= 0.3 is 0 Å². The lowest BCUT2D eigenvalue weighted by atomic mass is 9.75. The van der Waals surface area contributed by atoms with E-state index in [1.165, 1.54) is 0 Å². The van der Waals surface area contributed by atoms with Gasteiger partial charge in [-0.25, -0.2) is 4.39 Å². The minimum Gasteiger partial charge on any atom is -0.385 e. The first-order valence-corrected chi connectivity index (χ1v) is 5.10. The molecule has 0 atom stereocenters. The van der Waals surface area contributed by atoms with Crippen molar-refractivity contribution in [1.29, 1.82) is 0 Å². The van der Waals surface area contributed by atoms with Crippen LogP contribution in [0.25, 0.3) is 0 Å². The van der Waals surface area contributed by atoms with Gasteiger partial charge in [-0.1, -0.05) is 12.1 Å². The monoisotopic (exact) mass is 244 g/mol. The zero-order chi connectivity index (χ0) is 9.47. The fourth-order valence-corrected chi connectivity index (χ4v) is 2.01. The van der Waals surface area contributed by atoms with Crippen molar-refractivity contribution >= 4 is 15.9 Å². The first-order valence-electron chi connectivity index (χ1n) is 4.30. The summed E-state index contributed by atoms with van der Waals surface area (Å²) in [5, 5.41) is 9.93. The quantitative estimate of drug-likeness (QED) is 0.806. The van der Waals surface area contributed by atoms with Crippen LogP contribution in [0.1, 0.15) is 24.8 Å². The van der Waals surface area contributed by atoms with Gasteiger partial charge in [-0.3, -0.25) is 0 Å². The lowest BCUT2D eigenvalue weighted by Gasteiger charge is -2.37. The smallest absolute Gasteiger partial charge is 0.143 e. The second kappa shape index (κ2) is 3.07. The van der Waals surface area contributed by atoms with E-state index in [9.17, 15) is 9.50 Å². The van der Waals surface area contributed by atoms with E-state index in [0.29, 0.717) is 22.9 Å². The zero-order valence-corrected chi connectivity index (χ0v) is 8.64. The van der Waals surface area contributed by atoms with Crippen LogP contribution in [-0.2, 0) is 5.60 Å². The Morgan fingerprint density at radius 3 is 2.62 bits per heavy atom. The minimum atomic E-state index is -0.909. The second-order valence-corrected chi connectivity index (χ2v) is 4.34. The molecule has 70 valence electrons. The van der Waals surface area contributed by atoms with E-state index in [-0.39, 0.29) is 5.82 Å². The Labute approximate surface area is 84.7 Å². The van der Waals surface area contributed by atoms with E-state index in [4.69, 9.17) is 0 Å². The number of benzene rings is 1. The van der Waals surface area contributed by atoms with Crippen molar-refractivity contribution in [2.45, 2.75) is 24.9 Å². The van der Waals surface area contributed by atoms with Crippen LogP contribution in [0.2, 0.25) is 0 Å². The van der Waals surface area contributed by atoms with Gasteiger partial charge in [0.15, 0.2) is 0 Å². The molecule has 0 spiro atoms. The fourth-order valence-electron chi connectivity index (χ4n) is 1.64. The molecule has 0 aromatic heterocycles. The minimum absolute atomic E-state index is 0.329. The molecule has 1 aromatic rings. The third-order valence-corrected chi connectivity index (χ3v) is 3.25. The first kappa shape index (κ1) is 9.16. The Morgan fingerprint density at radius 1 is 1.38 bits per heavy atom. The molecule has 0 aliphatic heterocycles. The Morgan fingerprint density at radius 2 is 2.08 bits per heavy atom. The topological polar surface area (TPSA) is 20.2 Å². The van der Waals surface area contributed by atoms with Crippen molar-refractivity contribution in [3.8, 4) is 0 Å². The van der Waals surface area contributed by atoms with Gasteiger partial charge in [0, 0.05) is 5.56 Å². The average molecular weight is 245 g/mol. The Hall–Kier alpha value is -0.410. The highest BCUT2D eigenvalue weighted by atomic mass is 79.9. The summed E-state index contributed by atoms with van der Waals surface area (Å²) in [7, 11) is 0. The lowest BCUT2D eigenvalue weighted by molar-refractivity contribution is -0.0417. The summed E-state index contributed by atoms with van der Waals surface area (Å²) in [6.07, 6.45) is 2.31.